The van der Waals surface area contributed by atoms with Crippen molar-refractivity contribution in [3.05, 3.63) is 53.6 Å². The van der Waals surface area contributed by atoms with Crippen molar-refractivity contribution in [2.75, 3.05) is 5.73 Å². The molecule has 1 aliphatic carbocycles. The van der Waals surface area contributed by atoms with Crippen molar-refractivity contribution in [1.29, 1.82) is 0 Å². The van der Waals surface area contributed by atoms with Crippen LogP contribution in [-0.4, -0.2) is 9.97 Å². The van der Waals surface area contributed by atoms with Crippen LogP contribution < -0.4 is 5.73 Å². The first kappa shape index (κ1) is 11.4. The Hall–Kier alpha value is -2.42. The Morgan fingerprint density at radius 3 is 2.50 bits per heavy atom. The summed E-state index contributed by atoms with van der Waals surface area (Å²) in [5.41, 5.74) is 11.4. The molecule has 1 aromatic heterocycles. The molecule has 0 bridgehead atoms. The Morgan fingerprint density at radius 1 is 0.900 bits per heavy atom. The molecule has 98 valence electrons. The number of hydrogen-bond acceptors (Lipinski definition) is 3. The highest BCUT2D eigenvalue weighted by atomic mass is 15.0. The second kappa shape index (κ2) is 3.57. The molecule has 2 N–H and O–H groups in total. The second-order valence-corrected chi connectivity index (χ2v) is 5.80. The average molecular weight is 261 g/mol. The maximum Gasteiger partial charge on any atom is 0.221 e. The number of anilines is 1. The molecule has 3 heteroatoms. The van der Waals surface area contributed by atoms with E-state index in [-0.39, 0.29) is 5.41 Å². The van der Waals surface area contributed by atoms with Crippen LogP contribution in [0.4, 0.5) is 5.95 Å². The van der Waals surface area contributed by atoms with Crippen LogP contribution in [0.2, 0.25) is 0 Å². The van der Waals surface area contributed by atoms with Gasteiger partial charge in [-0.05, 0) is 17.2 Å². The van der Waals surface area contributed by atoms with E-state index in [0.717, 1.165) is 22.2 Å². The molecule has 3 aromatic rings. The summed E-state index contributed by atoms with van der Waals surface area (Å²) in [6.45, 7) is 4.50. The third kappa shape index (κ3) is 1.29. The first-order valence-corrected chi connectivity index (χ1v) is 6.75. The molecule has 3 nitrogen and oxygen atoms in total. The lowest BCUT2D eigenvalue weighted by Gasteiger charge is -2.34. The molecule has 1 heterocycles. The molecule has 20 heavy (non-hydrogen) atoms. The standard InChI is InChI=1S/C17H15N3/c1-17(2)11-7-4-3-6-10(11)15-14-12(17)8-5-9-13(14)19-16(18)20-15/h3-9H,1-2H3,(H2,18,19,20). The van der Waals surface area contributed by atoms with Gasteiger partial charge < -0.3 is 5.73 Å². The molecular weight excluding hydrogens is 246 g/mol. The molecule has 0 amide bonds. The number of rotatable bonds is 0. The van der Waals surface area contributed by atoms with E-state index in [0.29, 0.717) is 5.95 Å². The second-order valence-electron chi connectivity index (χ2n) is 5.80. The summed E-state index contributed by atoms with van der Waals surface area (Å²) in [5.74, 6) is 0.333. The van der Waals surface area contributed by atoms with Gasteiger partial charge in [0.15, 0.2) is 0 Å². The van der Waals surface area contributed by atoms with E-state index >= 15 is 0 Å². The molecule has 0 saturated heterocycles. The zero-order valence-electron chi connectivity index (χ0n) is 11.5. The molecule has 0 spiro atoms. The first-order valence-electron chi connectivity index (χ1n) is 6.75. The van der Waals surface area contributed by atoms with E-state index in [1.807, 2.05) is 18.2 Å². The van der Waals surface area contributed by atoms with Crippen LogP contribution in [0.15, 0.2) is 42.5 Å². The van der Waals surface area contributed by atoms with Crippen LogP contribution in [0.25, 0.3) is 22.2 Å². The molecule has 0 atom stereocenters. The van der Waals surface area contributed by atoms with E-state index in [4.69, 9.17) is 5.73 Å². The minimum absolute atomic E-state index is 0.0530. The summed E-state index contributed by atoms with van der Waals surface area (Å²) in [6, 6.07) is 14.6. The Kier molecular flexibility index (Phi) is 2.04. The fraction of sp³-hybridized carbons (Fsp3) is 0.176. The number of nitrogens with zero attached hydrogens (tertiary/aromatic N) is 2. The fourth-order valence-corrected chi connectivity index (χ4v) is 3.30. The topological polar surface area (TPSA) is 51.8 Å². The third-order valence-corrected chi connectivity index (χ3v) is 4.27. The Balaban J connectivity index is 2.28. The lowest BCUT2D eigenvalue weighted by molar-refractivity contribution is 0.644. The van der Waals surface area contributed by atoms with Gasteiger partial charge in [-0.1, -0.05) is 50.2 Å². The van der Waals surface area contributed by atoms with Gasteiger partial charge in [-0.2, -0.15) is 0 Å². The lowest BCUT2D eigenvalue weighted by atomic mass is 9.70. The predicted octanol–water partition coefficient (Wildman–Crippen LogP) is 3.52. The summed E-state index contributed by atoms with van der Waals surface area (Å²) in [6.07, 6.45) is 0. The molecule has 1 aliphatic rings. The quantitative estimate of drug-likeness (QED) is 0.673. The number of aromatic nitrogens is 2. The van der Waals surface area contributed by atoms with Crippen molar-refractivity contribution in [2.45, 2.75) is 19.3 Å². The summed E-state index contributed by atoms with van der Waals surface area (Å²) in [4.78, 5) is 8.89. The molecule has 2 aromatic carbocycles. The van der Waals surface area contributed by atoms with Gasteiger partial charge in [0.05, 0.1) is 11.2 Å². The van der Waals surface area contributed by atoms with E-state index in [2.05, 4.69) is 48.1 Å². The van der Waals surface area contributed by atoms with Gasteiger partial charge in [0.25, 0.3) is 0 Å². The summed E-state index contributed by atoms with van der Waals surface area (Å²) < 4.78 is 0. The van der Waals surface area contributed by atoms with Crippen molar-refractivity contribution in [2.24, 2.45) is 0 Å². The Bertz CT molecular complexity index is 850. The third-order valence-electron chi connectivity index (χ3n) is 4.27. The zero-order valence-corrected chi connectivity index (χ0v) is 11.5. The SMILES string of the molecule is CC1(C)c2ccccc2-c2nc(N)nc3cccc1c23. The minimum Gasteiger partial charge on any atom is -0.368 e. The van der Waals surface area contributed by atoms with Gasteiger partial charge >= 0.3 is 0 Å². The van der Waals surface area contributed by atoms with Crippen molar-refractivity contribution in [1.82, 2.24) is 9.97 Å². The summed E-state index contributed by atoms with van der Waals surface area (Å²) in [7, 11) is 0. The van der Waals surface area contributed by atoms with Crippen molar-refractivity contribution < 1.29 is 0 Å². The van der Waals surface area contributed by atoms with Gasteiger partial charge in [0, 0.05) is 16.4 Å². The average Bonchev–Trinajstić information content (AvgIpc) is 2.44. The van der Waals surface area contributed by atoms with Crippen LogP contribution in [0.3, 0.4) is 0 Å². The molecule has 0 saturated carbocycles. The van der Waals surface area contributed by atoms with E-state index in [1.165, 1.54) is 11.1 Å². The largest absolute Gasteiger partial charge is 0.368 e. The Labute approximate surface area is 117 Å². The maximum absolute atomic E-state index is 5.88. The van der Waals surface area contributed by atoms with E-state index in [9.17, 15) is 0 Å². The number of nitrogens with two attached hydrogens (primary N) is 1. The van der Waals surface area contributed by atoms with Crippen LogP contribution in [0.5, 0.6) is 0 Å². The van der Waals surface area contributed by atoms with E-state index in [1.54, 1.807) is 0 Å². The highest BCUT2D eigenvalue weighted by Crippen LogP contribution is 2.47. The van der Waals surface area contributed by atoms with Gasteiger partial charge in [-0.25, -0.2) is 9.97 Å². The van der Waals surface area contributed by atoms with Crippen LogP contribution in [0, 0.1) is 0 Å². The highest BCUT2D eigenvalue weighted by molar-refractivity contribution is 6.00. The first-order chi connectivity index (χ1) is 9.59. The van der Waals surface area contributed by atoms with Crippen LogP contribution in [0.1, 0.15) is 25.0 Å². The minimum atomic E-state index is -0.0530. The van der Waals surface area contributed by atoms with Crippen molar-refractivity contribution >= 4 is 16.9 Å². The number of fused-ring (bicyclic) bond motifs is 2. The summed E-state index contributed by atoms with van der Waals surface area (Å²) in [5, 5.41) is 1.13. The molecule has 0 radical (unpaired) electrons. The predicted molar refractivity (Wildman–Crippen MR) is 81.5 cm³/mol. The lowest BCUT2D eigenvalue weighted by Crippen LogP contribution is -2.24. The maximum atomic E-state index is 5.88. The van der Waals surface area contributed by atoms with Gasteiger partial charge in [0.2, 0.25) is 5.95 Å². The molecule has 0 aliphatic heterocycles. The zero-order chi connectivity index (χ0) is 13.9. The Morgan fingerprint density at radius 2 is 1.65 bits per heavy atom. The van der Waals surface area contributed by atoms with Gasteiger partial charge in [0.1, 0.15) is 0 Å². The fourth-order valence-electron chi connectivity index (χ4n) is 3.30. The van der Waals surface area contributed by atoms with Crippen molar-refractivity contribution in [3.63, 3.8) is 0 Å². The van der Waals surface area contributed by atoms with Crippen molar-refractivity contribution in [3.8, 4) is 11.3 Å². The van der Waals surface area contributed by atoms with Crippen LogP contribution in [-0.2, 0) is 5.41 Å². The van der Waals surface area contributed by atoms with E-state index < -0.39 is 0 Å². The monoisotopic (exact) mass is 261 g/mol. The number of nitrogen functional groups attached to an aromatic ring is 1. The highest BCUT2D eigenvalue weighted by Gasteiger charge is 2.34. The number of benzene rings is 2. The van der Waals surface area contributed by atoms with Crippen LogP contribution >= 0.6 is 0 Å². The molecule has 4 rings (SSSR count). The smallest absolute Gasteiger partial charge is 0.221 e. The van der Waals surface area contributed by atoms with Gasteiger partial charge in [-0.3, -0.25) is 0 Å². The number of hydrogen-bond donors (Lipinski definition) is 1. The molecule has 0 fully saturated rings. The van der Waals surface area contributed by atoms with Gasteiger partial charge in [-0.15, -0.1) is 0 Å². The molecular formula is C17H15N3. The molecule has 0 unspecified atom stereocenters. The summed E-state index contributed by atoms with van der Waals surface area (Å²) >= 11 is 0. The normalized spacial score (nSPS) is 15.1.